The van der Waals surface area contributed by atoms with Crippen LogP contribution in [0.15, 0.2) is 54.8 Å². The van der Waals surface area contributed by atoms with Gasteiger partial charge in [0, 0.05) is 11.8 Å². The Hall–Kier alpha value is -3.08. The lowest BCUT2D eigenvalue weighted by atomic mass is 9.72. The summed E-state index contributed by atoms with van der Waals surface area (Å²) in [7, 11) is 1.32. The molecule has 0 aliphatic rings. The van der Waals surface area contributed by atoms with Crippen LogP contribution in [0.25, 0.3) is 0 Å². The zero-order valence-electron chi connectivity index (χ0n) is 19.5. The lowest BCUT2D eigenvalue weighted by Crippen LogP contribution is -2.24. The summed E-state index contributed by atoms with van der Waals surface area (Å²) >= 11 is 0. The Morgan fingerprint density at radius 2 is 1.65 bits per heavy atom. The molecule has 5 heteroatoms. The first-order valence-corrected chi connectivity index (χ1v) is 10.3. The van der Waals surface area contributed by atoms with E-state index in [9.17, 15) is 9.59 Å². The minimum Gasteiger partial charge on any atom is -0.465 e. The second-order valence-corrected chi connectivity index (χ2v) is 9.58. The number of anilines is 1. The van der Waals surface area contributed by atoms with Crippen LogP contribution in [0, 0.1) is 12.3 Å². The zero-order valence-corrected chi connectivity index (χ0v) is 19.5. The summed E-state index contributed by atoms with van der Waals surface area (Å²) < 4.78 is 10.3. The molecule has 0 bridgehead atoms. The van der Waals surface area contributed by atoms with Crippen molar-refractivity contribution >= 4 is 17.6 Å². The number of carbonyl (C=O) groups excluding carboxylic acids is 2. The molecular weight excluding hydrogens is 390 g/mol. The minimum atomic E-state index is -0.443. The fourth-order valence-electron chi connectivity index (χ4n) is 3.80. The fraction of sp³-hybridized carbons (Fsp3) is 0.385. The first kappa shape index (κ1) is 24.2. The van der Waals surface area contributed by atoms with Crippen LogP contribution in [0.1, 0.15) is 62.5 Å². The largest absolute Gasteiger partial charge is 0.465 e. The molecular formula is C26H33NO4. The van der Waals surface area contributed by atoms with Crippen molar-refractivity contribution in [1.29, 1.82) is 0 Å². The van der Waals surface area contributed by atoms with E-state index in [1.165, 1.54) is 25.0 Å². The highest BCUT2D eigenvalue weighted by Gasteiger charge is 2.27. The normalized spacial score (nSPS) is 12.0. The van der Waals surface area contributed by atoms with E-state index in [2.05, 4.69) is 52.1 Å². The van der Waals surface area contributed by atoms with E-state index < -0.39 is 5.97 Å². The highest BCUT2D eigenvalue weighted by molar-refractivity contribution is 6.00. The summed E-state index contributed by atoms with van der Waals surface area (Å²) in [5.74, 6) is -0.146. The first-order valence-electron chi connectivity index (χ1n) is 10.3. The van der Waals surface area contributed by atoms with E-state index in [1.54, 1.807) is 25.1 Å². The molecule has 2 rings (SSSR count). The molecule has 0 fully saturated rings. The smallest absolute Gasteiger partial charge is 0.338 e. The van der Waals surface area contributed by atoms with Gasteiger partial charge in [-0.15, -0.1) is 0 Å². The molecule has 31 heavy (non-hydrogen) atoms. The molecule has 0 saturated heterocycles. The Balaban J connectivity index is 1.97. The van der Waals surface area contributed by atoms with Gasteiger partial charge < -0.3 is 14.8 Å². The molecule has 0 radical (unpaired) electrons. The van der Waals surface area contributed by atoms with Crippen molar-refractivity contribution in [2.75, 3.05) is 12.4 Å². The van der Waals surface area contributed by atoms with Gasteiger partial charge in [-0.1, -0.05) is 52.8 Å². The number of aryl methyl sites for hydroxylation is 1. The van der Waals surface area contributed by atoms with Crippen molar-refractivity contribution in [1.82, 2.24) is 0 Å². The molecule has 0 atom stereocenters. The van der Waals surface area contributed by atoms with Crippen LogP contribution < -0.4 is 10.1 Å². The molecule has 0 aromatic heterocycles. The number of carbonyl (C=O) groups is 2. The lowest BCUT2D eigenvalue weighted by molar-refractivity contribution is -0.112. The van der Waals surface area contributed by atoms with Gasteiger partial charge in [0.05, 0.1) is 18.9 Å². The zero-order chi connectivity index (χ0) is 23.2. The fourth-order valence-corrected chi connectivity index (χ4v) is 3.80. The molecule has 2 aromatic rings. The quantitative estimate of drug-likeness (QED) is 0.336. The minimum absolute atomic E-state index is 0.0591. The molecule has 0 heterocycles. The predicted octanol–water partition coefficient (Wildman–Crippen LogP) is 6.03. The number of amides is 1. The van der Waals surface area contributed by atoms with E-state index >= 15 is 0 Å². The maximum absolute atomic E-state index is 12.2. The van der Waals surface area contributed by atoms with Crippen LogP contribution in [0.2, 0.25) is 0 Å². The molecule has 2 aromatic carbocycles. The lowest BCUT2D eigenvalue weighted by Gasteiger charge is -2.33. The third-order valence-electron chi connectivity index (χ3n) is 4.94. The average Bonchev–Trinajstić information content (AvgIpc) is 2.67. The molecule has 0 aliphatic heterocycles. The number of benzene rings is 2. The predicted molar refractivity (Wildman–Crippen MR) is 124 cm³/mol. The van der Waals surface area contributed by atoms with Crippen molar-refractivity contribution < 1.29 is 19.1 Å². The van der Waals surface area contributed by atoms with Crippen LogP contribution in [0.3, 0.4) is 0 Å². The highest BCUT2D eigenvalue weighted by Crippen LogP contribution is 2.36. The molecule has 0 spiro atoms. The number of ether oxygens (including phenoxy) is 2. The van der Waals surface area contributed by atoms with E-state index in [4.69, 9.17) is 9.47 Å². The van der Waals surface area contributed by atoms with Gasteiger partial charge in [-0.05, 0) is 59.6 Å². The topological polar surface area (TPSA) is 64.6 Å². The number of esters is 1. The van der Waals surface area contributed by atoms with Gasteiger partial charge in [0.15, 0.2) is 0 Å². The Kier molecular flexibility index (Phi) is 7.66. The third kappa shape index (κ3) is 7.28. The number of methoxy groups -OCH3 is 1. The number of hydrogen-bond acceptors (Lipinski definition) is 4. The number of rotatable bonds is 7. The molecule has 0 aliphatic carbocycles. The van der Waals surface area contributed by atoms with E-state index in [1.807, 2.05) is 12.1 Å². The van der Waals surface area contributed by atoms with Crippen LogP contribution in [0.4, 0.5) is 5.69 Å². The van der Waals surface area contributed by atoms with E-state index in [0.717, 1.165) is 12.0 Å². The average molecular weight is 424 g/mol. The Bertz CT molecular complexity index is 950. The van der Waals surface area contributed by atoms with Crippen molar-refractivity contribution in [2.45, 2.75) is 53.4 Å². The highest BCUT2D eigenvalue weighted by atomic mass is 16.5. The van der Waals surface area contributed by atoms with E-state index in [0.29, 0.717) is 17.0 Å². The van der Waals surface area contributed by atoms with Gasteiger partial charge >= 0.3 is 5.97 Å². The summed E-state index contributed by atoms with van der Waals surface area (Å²) in [6.45, 7) is 13.0. The van der Waals surface area contributed by atoms with Gasteiger partial charge in [-0.25, -0.2) is 4.79 Å². The molecule has 0 saturated carbocycles. The maximum Gasteiger partial charge on any atom is 0.338 e. The summed E-state index contributed by atoms with van der Waals surface area (Å²) in [6.07, 6.45) is 3.71. The molecule has 5 nitrogen and oxygen atoms in total. The van der Waals surface area contributed by atoms with E-state index in [-0.39, 0.29) is 16.7 Å². The van der Waals surface area contributed by atoms with Gasteiger partial charge in [-0.2, -0.15) is 0 Å². The van der Waals surface area contributed by atoms with Crippen molar-refractivity contribution in [2.24, 2.45) is 5.41 Å². The van der Waals surface area contributed by atoms with Crippen LogP contribution in [-0.4, -0.2) is 19.0 Å². The van der Waals surface area contributed by atoms with Gasteiger partial charge in [-0.3, -0.25) is 4.79 Å². The molecule has 0 unspecified atom stereocenters. The SMILES string of the molecule is COC(=O)c1cc(NC(=O)C=COc2ccc(C(C)(C)CC(C)(C)C)cc2)ccc1C. The monoisotopic (exact) mass is 423 g/mol. The van der Waals surface area contributed by atoms with Crippen LogP contribution >= 0.6 is 0 Å². The Morgan fingerprint density at radius 3 is 2.23 bits per heavy atom. The molecule has 1 amide bonds. The van der Waals surface area contributed by atoms with Gasteiger partial charge in [0.2, 0.25) is 0 Å². The number of hydrogen-bond donors (Lipinski definition) is 1. The number of nitrogens with one attached hydrogen (secondary N) is 1. The van der Waals surface area contributed by atoms with Crippen LogP contribution in [-0.2, 0) is 14.9 Å². The summed E-state index contributed by atoms with van der Waals surface area (Å²) in [6, 6.07) is 13.0. The second kappa shape index (κ2) is 9.82. The third-order valence-corrected chi connectivity index (χ3v) is 4.94. The van der Waals surface area contributed by atoms with Gasteiger partial charge in [0.25, 0.3) is 5.91 Å². The molecule has 1 N–H and O–H groups in total. The summed E-state index contributed by atoms with van der Waals surface area (Å²) in [5, 5.41) is 2.71. The second-order valence-electron chi connectivity index (χ2n) is 9.58. The van der Waals surface area contributed by atoms with Crippen LogP contribution in [0.5, 0.6) is 5.75 Å². The molecule has 166 valence electrons. The maximum atomic E-state index is 12.2. The Labute approximate surface area is 185 Å². The standard InChI is InChI=1S/C26H33NO4/c1-18-8-11-20(16-22(18)24(29)30-7)27-23(28)14-15-31-21-12-9-19(10-13-21)26(5,6)17-25(2,3)4/h8-16H,17H2,1-7H3,(H,27,28). The van der Waals surface area contributed by atoms with Gasteiger partial charge in [0.1, 0.15) is 5.75 Å². The summed E-state index contributed by atoms with van der Waals surface area (Å²) in [5.41, 5.74) is 3.24. The van der Waals surface area contributed by atoms with Crippen molar-refractivity contribution in [3.05, 3.63) is 71.5 Å². The summed E-state index contributed by atoms with van der Waals surface area (Å²) in [4.78, 5) is 23.9. The Morgan fingerprint density at radius 1 is 1.00 bits per heavy atom. The van der Waals surface area contributed by atoms with Crippen molar-refractivity contribution in [3.8, 4) is 5.75 Å². The first-order chi connectivity index (χ1) is 14.4. The van der Waals surface area contributed by atoms with Crippen molar-refractivity contribution in [3.63, 3.8) is 0 Å².